The van der Waals surface area contributed by atoms with E-state index in [1.807, 2.05) is 6.92 Å². The fourth-order valence-electron chi connectivity index (χ4n) is 0.864. The van der Waals surface area contributed by atoms with E-state index in [0.717, 1.165) is 6.42 Å². The van der Waals surface area contributed by atoms with Crippen molar-refractivity contribution in [2.45, 2.75) is 26.7 Å². The number of amides is 1. The van der Waals surface area contributed by atoms with Crippen molar-refractivity contribution in [2.75, 3.05) is 19.3 Å². The van der Waals surface area contributed by atoms with E-state index in [2.05, 4.69) is 0 Å². The lowest BCUT2D eigenvalue weighted by molar-refractivity contribution is -0.184. The quantitative estimate of drug-likeness (QED) is 0.520. The highest BCUT2D eigenvalue weighted by Crippen LogP contribution is 2.13. The van der Waals surface area contributed by atoms with Gasteiger partial charge in [-0.25, -0.2) is 5.06 Å². The van der Waals surface area contributed by atoms with Crippen LogP contribution in [0.3, 0.4) is 0 Å². The zero-order valence-corrected chi connectivity index (χ0v) is 9.50. The second kappa shape index (κ2) is 7.85. The third-order valence-electron chi connectivity index (χ3n) is 1.51. The second-order valence-electron chi connectivity index (χ2n) is 2.88. The van der Waals surface area contributed by atoms with Gasteiger partial charge in [0.25, 0.3) is 0 Å². The number of hydroxylamine groups is 2. The van der Waals surface area contributed by atoms with Crippen molar-refractivity contribution >= 4 is 13.9 Å². The number of carbonyl (C=O) groups is 1. The van der Waals surface area contributed by atoms with Crippen LogP contribution in [0.15, 0.2) is 0 Å². The summed E-state index contributed by atoms with van der Waals surface area (Å²) < 4.78 is 10.4. The molecule has 0 saturated carbocycles. The molecule has 6 heteroatoms. The highest BCUT2D eigenvalue weighted by atomic mass is 31.1. The minimum Gasteiger partial charge on any atom is -0.273 e. The van der Waals surface area contributed by atoms with Gasteiger partial charge in [0.05, 0.1) is 13.2 Å². The van der Waals surface area contributed by atoms with E-state index in [1.54, 1.807) is 0 Å². The lowest BCUT2D eigenvalue weighted by atomic mass is 10.4. The molecule has 0 rings (SSSR count). The van der Waals surface area contributed by atoms with Gasteiger partial charge >= 0.3 is 8.03 Å². The Kier molecular flexibility index (Phi) is 7.57. The van der Waals surface area contributed by atoms with Gasteiger partial charge in [-0.2, -0.15) is 4.89 Å². The molecule has 5 nitrogen and oxygen atoms in total. The summed E-state index contributed by atoms with van der Waals surface area (Å²) in [5, 5.41) is 1.24. The smallest absolute Gasteiger partial charge is 0.273 e. The maximum atomic E-state index is 11.0. The normalized spacial score (nSPS) is 11.2. The van der Waals surface area contributed by atoms with Gasteiger partial charge in [0.15, 0.2) is 6.16 Å². The maximum absolute atomic E-state index is 11.0. The van der Waals surface area contributed by atoms with Crippen LogP contribution in [0.4, 0.5) is 0 Å². The van der Waals surface area contributed by atoms with E-state index in [9.17, 15) is 9.36 Å². The Bertz CT molecular complexity index is 198. The van der Waals surface area contributed by atoms with Crippen LogP contribution in [0.5, 0.6) is 0 Å². The number of hydrogen-bond donors (Lipinski definition) is 1. The summed E-state index contributed by atoms with van der Waals surface area (Å²) in [6.07, 6.45) is 1.52. The molecule has 0 aliphatic carbocycles. The van der Waals surface area contributed by atoms with Crippen molar-refractivity contribution in [3.8, 4) is 0 Å². The molecular weight excluding hydrogens is 205 g/mol. The molecule has 0 saturated heterocycles. The Morgan fingerprint density at radius 1 is 1.57 bits per heavy atom. The Hall–Kier alpha value is -0.510. The average Bonchev–Trinajstić information content (AvgIpc) is 2.09. The summed E-state index contributed by atoms with van der Waals surface area (Å²) in [4.78, 5) is 24.7. The molecule has 0 aromatic rings. The van der Waals surface area contributed by atoms with Crippen molar-refractivity contribution in [2.24, 2.45) is 0 Å². The highest BCUT2D eigenvalue weighted by Gasteiger charge is 2.13. The van der Waals surface area contributed by atoms with Gasteiger partial charge in [0, 0.05) is 13.3 Å². The Balaban J connectivity index is 3.73. The predicted octanol–water partition coefficient (Wildman–Crippen LogP) is 1.30. The molecule has 0 aromatic heterocycles. The molecule has 1 N–H and O–H groups in total. The molecule has 0 aromatic carbocycles. The first-order valence-electron chi connectivity index (χ1n) is 4.62. The summed E-state index contributed by atoms with van der Waals surface area (Å²) in [6, 6.07) is 0. The first-order valence-corrected chi connectivity index (χ1v) is 6.02. The molecule has 0 fully saturated rings. The summed E-state index contributed by atoms with van der Waals surface area (Å²) in [7, 11) is -2.11. The molecule has 0 aliphatic heterocycles. The minimum absolute atomic E-state index is 0.174. The number of rotatable bonds is 7. The van der Waals surface area contributed by atoms with E-state index in [1.165, 1.54) is 12.0 Å². The Morgan fingerprint density at radius 2 is 2.21 bits per heavy atom. The van der Waals surface area contributed by atoms with E-state index in [0.29, 0.717) is 19.6 Å². The zero-order chi connectivity index (χ0) is 11.0. The van der Waals surface area contributed by atoms with Crippen molar-refractivity contribution < 1.29 is 19.1 Å². The van der Waals surface area contributed by atoms with Crippen molar-refractivity contribution in [1.29, 1.82) is 0 Å². The molecule has 14 heavy (non-hydrogen) atoms. The molecule has 0 spiro atoms. The monoisotopic (exact) mass is 222 g/mol. The maximum Gasteiger partial charge on any atom is 0.505 e. The van der Waals surface area contributed by atoms with E-state index in [4.69, 9.17) is 9.73 Å². The van der Waals surface area contributed by atoms with E-state index < -0.39 is 8.03 Å². The standard InChI is InChI=1S/C8H16NO4P/c1-3-6-13-9(8(2)10)5-4-7-14(11)12/h3-7H2,1-2H3/p+1. The zero-order valence-electron chi connectivity index (χ0n) is 8.60. The first kappa shape index (κ1) is 13.5. The van der Waals surface area contributed by atoms with Gasteiger partial charge in [-0.1, -0.05) is 6.92 Å². The summed E-state index contributed by atoms with van der Waals surface area (Å²) in [6.45, 7) is 4.22. The summed E-state index contributed by atoms with van der Waals surface area (Å²) in [5.41, 5.74) is 0. The molecule has 1 atom stereocenters. The predicted molar refractivity (Wildman–Crippen MR) is 52.9 cm³/mol. The van der Waals surface area contributed by atoms with Crippen LogP contribution in [0.1, 0.15) is 26.7 Å². The first-order chi connectivity index (χ1) is 6.57. The van der Waals surface area contributed by atoms with Crippen molar-refractivity contribution in [3.05, 3.63) is 0 Å². The molecule has 82 valence electrons. The summed E-state index contributed by atoms with van der Waals surface area (Å²) >= 11 is 0. The van der Waals surface area contributed by atoms with E-state index >= 15 is 0 Å². The Labute approximate surface area is 84.9 Å². The number of nitrogens with zero attached hydrogens (tertiary/aromatic N) is 1. The fraction of sp³-hybridized carbons (Fsp3) is 0.875. The van der Waals surface area contributed by atoms with Gasteiger partial charge in [0.1, 0.15) is 0 Å². The fourth-order valence-corrected chi connectivity index (χ4v) is 1.28. The molecular formula is C8H17NO4P+. The number of hydrogen-bond acceptors (Lipinski definition) is 3. The average molecular weight is 222 g/mol. The van der Waals surface area contributed by atoms with Crippen LogP contribution in [-0.4, -0.2) is 35.2 Å². The molecule has 0 bridgehead atoms. The van der Waals surface area contributed by atoms with Crippen LogP contribution in [-0.2, 0) is 14.2 Å². The molecule has 0 aliphatic rings. The SMILES string of the molecule is CCCON(CCC[P+](=O)O)C(C)=O. The van der Waals surface area contributed by atoms with Gasteiger partial charge in [-0.3, -0.25) is 9.63 Å². The third kappa shape index (κ3) is 6.95. The topological polar surface area (TPSA) is 66.8 Å². The number of carbonyl (C=O) groups excluding carboxylic acids is 1. The van der Waals surface area contributed by atoms with Crippen LogP contribution < -0.4 is 0 Å². The Morgan fingerprint density at radius 3 is 2.64 bits per heavy atom. The van der Waals surface area contributed by atoms with Gasteiger partial charge in [-0.05, 0) is 11.0 Å². The van der Waals surface area contributed by atoms with Crippen molar-refractivity contribution in [1.82, 2.24) is 5.06 Å². The minimum atomic E-state index is -2.11. The van der Waals surface area contributed by atoms with Crippen LogP contribution in [0, 0.1) is 0 Å². The summed E-state index contributed by atoms with van der Waals surface area (Å²) in [5.74, 6) is -0.174. The van der Waals surface area contributed by atoms with Gasteiger partial charge in [0.2, 0.25) is 5.91 Å². The molecule has 1 unspecified atom stereocenters. The van der Waals surface area contributed by atoms with Gasteiger partial charge in [-0.15, -0.1) is 0 Å². The molecule has 0 radical (unpaired) electrons. The largest absolute Gasteiger partial charge is 0.505 e. The molecule has 0 heterocycles. The van der Waals surface area contributed by atoms with Crippen LogP contribution in [0.2, 0.25) is 0 Å². The third-order valence-corrected chi connectivity index (χ3v) is 2.21. The lowest BCUT2D eigenvalue weighted by Crippen LogP contribution is -2.30. The highest BCUT2D eigenvalue weighted by molar-refractivity contribution is 7.37. The van der Waals surface area contributed by atoms with Gasteiger partial charge < -0.3 is 0 Å². The van der Waals surface area contributed by atoms with E-state index in [-0.39, 0.29) is 12.1 Å². The van der Waals surface area contributed by atoms with Crippen molar-refractivity contribution in [3.63, 3.8) is 0 Å². The lowest BCUT2D eigenvalue weighted by Gasteiger charge is -2.18. The van der Waals surface area contributed by atoms with Crippen LogP contribution in [0.25, 0.3) is 0 Å². The van der Waals surface area contributed by atoms with Crippen LogP contribution >= 0.6 is 8.03 Å². The second-order valence-corrected chi connectivity index (χ2v) is 4.04. The molecule has 1 amide bonds.